The summed E-state index contributed by atoms with van der Waals surface area (Å²) >= 11 is 0. The van der Waals surface area contributed by atoms with Gasteiger partial charge in [0.05, 0.1) is 18.8 Å². The van der Waals surface area contributed by atoms with Gasteiger partial charge >= 0.3 is 16.2 Å². The molecule has 0 amide bonds. The van der Waals surface area contributed by atoms with Crippen LogP contribution in [0.4, 0.5) is 5.69 Å². The van der Waals surface area contributed by atoms with E-state index < -0.39 is 22.7 Å². The highest BCUT2D eigenvalue weighted by Crippen LogP contribution is 2.26. The number of carbonyl (C=O) groups is 1. The number of nitrogen functional groups attached to an aromatic ring is 1. The van der Waals surface area contributed by atoms with E-state index in [9.17, 15) is 13.2 Å². The number of nitrogens with one attached hydrogen (secondary N) is 3. The van der Waals surface area contributed by atoms with Gasteiger partial charge < -0.3 is 20.5 Å². The summed E-state index contributed by atoms with van der Waals surface area (Å²) in [6.45, 7) is 3.14. The van der Waals surface area contributed by atoms with E-state index in [1.165, 1.54) is 4.31 Å². The van der Waals surface area contributed by atoms with Crippen LogP contribution in [-0.4, -0.2) is 52.6 Å². The first-order valence-electron chi connectivity index (χ1n) is 12.5. The first-order chi connectivity index (χ1) is 18.2. The highest BCUT2D eigenvalue weighted by Gasteiger charge is 2.24. The number of carbonyl (C=O) groups excluding carboxylic acids is 1. The van der Waals surface area contributed by atoms with Crippen molar-refractivity contribution in [2.75, 3.05) is 30.5 Å². The number of nitrogens with zero attached hydrogens (tertiary/aromatic N) is 1. The van der Waals surface area contributed by atoms with Crippen LogP contribution in [0.1, 0.15) is 30.9 Å². The van der Waals surface area contributed by atoms with Crippen LogP contribution >= 0.6 is 0 Å². The van der Waals surface area contributed by atoms with Crippen molar-refractivity contribution in [3.05, 3.63) is 71.8 Å². The molecule has 3 aromatic carbocycles. The van der Waals surface area contributed by atoms with E-state index in [0.717, 1.165) is 42.3 Å². The highest BCUT2D eigenvalue weighted by molar-refractivity contribution is 7.90. The van der Waals surface area contributed by atoms with Gasteiger partial charge in [-0.3, -0.25) is 14.5 Å². The summed E-state index contributed by atoms with van der Waals surface area (Å²) in [6.07, 6.45) is 1.94. The van der Waals surface area contributed by atoms with Crippen molar-refractivity contribution in [1.29, 1.82) is 5.41 Å². The van der Waals surface area contributed by atoms with E-state index in [1.54, 1.807) is 43.3 Å². The predicted molar refractivity (Wildman–Crippen MR) is 148 cm³/mol. The quantitative estimate of drug-likeness (QED) is 0.166. The summed E-state index contributed by atoms with van der Waals surface area (Å²) in [5.74, 6) is -0.0411. The van der Waals surface area contributed by atoms with Gasteiger partial charge in [0.1, 0.15) is 24.2 Å². The number of hydrogen-bond donors (Lipinski definition) is 4. The van der Waals surface area contributed by atoms with Crippen molar-refractivity contribution in [2.45, 2.75) is 32.4 Å². The Bertz CT molecular complexity index is 1390. The third-order valence-corrected chi connectivity index (χ3v) is 7.68. The smallest absolute Gasteiger partial charge is 0.321 e. The lowest BCUT2D eigenvalue weighted by Crippen LogP contribution is -2.42. The Hall–Kier alpha value is -3.67. The number of piperidine rings is 1. The Balaban J connectivity index is 1.61. The fraction of sp³-hybridized carbons (Fsp3) is 0.333. The predicted octanol–water partition coefficient (Wildman–Crippen LogP) is 2.66. The van der Waals surface area contributed by atoms with Gasteiger partial charge in [-0.15, -0.1) is 0 Å². The van der Waals surface area contributed by atoms with E-state index in [4.69, 9.17) is 20.6 Å². The summed E-state index contributed by atoms with van der Waals surface area (Å²) in [5.41, 5.74) is 7.36. The molecule has 1 aliphatic heterocycles. The number of hydrogen-bond acceptors (Lipinski definition) is 7. The molecule has 0 bridgehead atoms. The molecule has 0 radical (unpaired) electrons. The monoisotopic (exact) mass is 539 g/mol. The van der Waals surface area contributed by atoms with Gasteiger partial charge in [0.2, 0.25) is 0 Å². The molecule has 1 fully saturated rings. The minimum absolute atomic E-state index is 0.00684. The first-order valence-corrected chi connectivity index (χ1v) is 14.0. The fourth-order valence-corrected chi connectivity index (χ4v) is 5.45. The average Bonchev–Trinajstić information content (AvgIpc) is 2.91. The van der Waals surface area contributed by atoms with Crippen LogP contribution in [0.25, 0.3) is 10.8 Å². The molecule has 202 valence electrons. The third kappa shape index (κ3) is 7.00. The molecule has 10 nitrogen and oxygen atoms in total. The largest absolute Gasteiger partial charge is 0.490 e. The molecule has 0 spiro atoms. The van der Waals surface area contributed by atoms with Crippen molar-refractivity contribution in [1.82, 2.24) is 10.0 Å². The molecule has 11 heteroatoms. The molecule has 3 aromatic rings. The lowest BCUT2D eigenvalue weighted by molar-refractivity contribution is -0.141. The van der Waals surface area contributed by atoms with E-state index in [0.29, 0.717) is 17.0 Å². The summed E-state index contributed by atoms with van der Waals surface area (Å²) in [4.78, 5) is 11.9. The lowest BCUT2D eigenvalue weighted by atomic mass is 10.0. The highest BCUT2D eigenvalue weighted by atomic mass is 32.2. The number of ether oxygens (including phenoxy) is 2. The summed E-state index contributed by atoms with van der Waals surface area (Å²) in [6, 6.07) is 17.9. The number of esters is 1. The van der Waals surface area contributed by atoms with Crippen molar-refractivity contribution in [3.8, 4) is 5.75 Å². The Morgan fingerprint density at radius 3 is 2.47 bits per heavy atom. The van der Waals surface area contributed by atoms with Crippen LogP contribution in [0.5, 0.6) is 5.75 Å². The van der Waals surface area contributed by atoms with Crippen LogP contribution in [0.15, 0.2) is 60.7 Å². The summed E-state index contributed by atoms with van der Waals surface area (Å²) < 4.78 is 41.2. The minimum Gasteiger partial charge on any atom is -0.490 e. The van der Waals surface area contributed by atoms with Crippen molar-refractivity contribution >= 4 is 38.5 Å². The zero-order valence-electron chi connectivity index (χ0n) is 21.3. The molecule has 38 heavy (non-hydrogen) atoms. The Labute approximate surface area is 222 Å². The first kappa shape index (κ1) is 27.4. The molecule has 0 unspecified atom stereocenters. The van der Waals surface area contributed by atoms with E-state index >= 15 is 0 Å². The lowest BCUT2D eigenvalue weighted by Gasteiger charge is -2.26. The van der Waals surface area contributed by atoms with Gasteiger partial charge in [-0.25, -0.2) is 0 Å². The van der Waals surface area contributed by atoms with Gasteiger partial charge in [-0.2, -0.15) is 13.1 Å². The second-order valence-electron chi connectivity index (χ2n) is 9.01. The number of nitrogens with two attached hydrogens (primary N) is 1. The van der Waals surface area contributed by atoms with Crippen molar-refractivity contribution in [2.24, 2.45) is 5.73 Å². The van der Waals surface area contributed by atoms with Gasteiger partial charge in [-0.1, -0.05) is 24.3 Å². The van der Waals surface area contributed by atoms with E-state index in [-0.39, 0.29) is 25.1 Å². The number of anilines is 1. The normalized spacial score (nSPS) is 14.2. The van der Waals surface area contributed by atoms with E-state index in [1.807, 2.05) is 24.3 Å². The molecule has 0 aromatic heterocycles. The van der Waals surface area contributed by atoms with Gasteiger partial charge in [-0.05, 0) is 85.6 Å². The molecular weight excluding hydrogens is 506 g/mol. The molecule has 0 aliphatic carbocycles. The van der Waals surface area contributed by atoms with Crippen LogP contribution in [0.3, 0.4) is 0 Å². The summed E-state index contributed by atoms with van der Waals surface area (Å²) in [5, 5.41) is 12.8. The maximum absolute atomic E-state index is 13.4. The van der Waals surface area contributed by atoms with Crippen molar-refractivity contribution in [3.63, 3.8) is 0 Å². The standard InChI is InChI=1S/C27H33N5O5S/c1-2-36-26(33)17-31-38(34,35)32(23-7-9-24(10-8-23)37-25-11-13-30-14-12-25)18-19-3-4-20-5-6-21(27(28)29)16-22(20)15-19/h3-10,15-16,25,30-31H,2,11-14,17-18H2,1H3,(H3,28,29). The Kier molecular flexibility index (Phi) is 8.82. The minimum atomic E-state index is -4.12. The summed E-state index contributed by atoms with van der Waals surface area (Å²) in [7, 11) is -4.12. The number of amidine groups is 1. The third-order valence-electron chi connectivity index (χ3n) is 6.25. The second kappa shape index (κ2) is 12.2. The van der Waals surface area contributed by atoms with Gasteiger partial charge in [0, 0.05) is 5.56 Å². The topological polar surface area (TPSA) is 147 Å². The molecule has 1 aliphatic rings. The van der Waals surface area contributed by atoms with Crippen LogP contribution in [0, 0.1) is 5.41 Å². The Morgan fingerprint density at radius 1 is 1.08 bits per heavy atom. The maximum Gasteiger partial charge on any atom is 0.321 e. The van der Waals surface area contributed by atoms with Crippen LogP contribution in [0.2, 0.25) is 0 Å². The SMILES string of the molecule is CCOC(=O)CNS(=O)(=O)N(Cc1ccc2ccc(C(=N)N)cc2c1)c1ccc(OC2CCNCC2)cc1. The van der Waals surface area contributed by atoms with Crippen LogP contribution in [-0.2, 0) is 26.3 Å². The number of rotatable bonds is 11. The number of benzene rings is 3. The molecule has 5 N–H and O–H groups in total. The van der Waals surface area contributed by atoms with Crippen LogP contribution < -0.4 is 24.8 Å². The maximum atomic E-state index is 13.4. The van der Waals surface area contributed by atoms with Gasteiger partial charge in [0.25, 0.3) is 0 Å². The Morgan fingerprint density at radius 2 is 1.79 bits per heavy atom. The van der Waals surface area contributed by atoms with Gasteiger partial charge in [0.15, 0.2) is 0 Å². The molecule has 0 saturated carbocycles. The van der Waals surface area contributed by atoms with Crippen molar-refractivity contribution < 1.29 is 22.7 Å². The average molecular weight is 540 g/mol. The molecule has 1 heterocycles. The second-order valence-corrected chi connectivity index (χ2v) is 10.7. The zero-order chi connectivity index (χ0) is 27.1. The van der Waals surface area contributed by atoms with E-state index in [2.05, 4.69) is 10.0 Å². The number of fused-ring (bicyclic) bond motifs is 1. The molecule has 4 rings (SSSR count). The molecule has 0 atom stereocenters. The molecular formula is C27H33N5O5S. The fourth-order valence-electron chi connectivity index (χ4n) is 4.28. The molecule has 1 saturated heterocycles. The zero-order valence-corrected chi connectivity index (χ0v) is 22.1.